The van der Waals surface area contributed by atoms with Gasteiger partial charge in [-0.25, -0.2) is 9.97 Å². The molecule has 0 saturated heterocycles. The van der Waals surface area contributed by atoms with Crippen molar-refractivity contribution in [2.45, 2.75) is 51.1 Å². The van der Waals surface area contributed by atoms with Crippen molar-refractivity contribution in [2.24, 2.45) is 5.41 Å². The Bertz CT molecular complexity index is 1430. The van der Waals surface area contributed by atoms with Gasteiger partial charge in [-0.1, -0.05) is 97.7 Å². The number of carbonyl (C=O) groups excluding carboxylic acids is 1. The molecule has 2 aliphatic carbocycles. The van der Waals surface area contributed by atoms with Crippen LogP contribution in [0.2, 0.25) is 10.0 Å². The topological polar surface area (TPSA) is 46.1 Å². The SMILES string of the molecule is CC1(C)C2CCC1(C(=O)N(Cc1ccccc1)Cc1ccccc1)c1nc3cc(Cl)c(Cl)cc3nc12. The maximum atomic E-state index is 14.8. The van der Waals surface area contributed by atoms with Crippen LogP contribution < -0.4 is 0 Å². The summed E-state index contributed by atoms with van der Waals surface area (Å²) in [6.07, 6.45) is 1.68. The van der Waals surface area contributed by atoms with Crippen molar-refractivity contribution in [3.8, 4) is 0 Å². The van der Waals surface area contributed by atoms with Gasteiger partial charge in [-0.15, -0.1) is 0 Å². The van der Waals surface area contributed by atoms with Gasteiger partial charge in [-0.05, 0) is 41.5 Å². The summed E-state index contributed by atoms with van der Waals surface area (Å²) in [5, 5.41) is 0.902. The lowest BCUT2D eigenvalue weighted by Crippen LogP contribution is -2.51. The first-order valence-corrected chi connectivity index (χ1v) is 13.1. The second-order valence-electron chi connectivity index (χ2n) is 10.6. The molecule has 0 aliphatic heterocycles. The Hall–Kier alpha value is -2.95. The lowest BCUT2D eigenvalue weighted by atomic mass is 9.67. The molecule has 4 nitrogen and oxygen atoms in total. The molecule has 6 rings (SSSR count). The van der Waals surface area contributed by atoms with Crippen LogP contribution in [0.4, 0.5) is 0 Å². The maximum Gasteiger partial charge on any atom is 0.236 e. The van der Waals surface area contributed by atoms with Crippen molar-refractivity contribution >= 4 is 40.1 Å². The minimum Gasteiger partial charge on any atom is -0.333 e. The third-order valence-corrected chi connectivity index (χ3v) is 9.05. The average molecular weight is 516 g/mol. The third kappa shape index (κ3) is 3.46. The Balaban J connectivity index is 1.49. The largest absolute Gasteiger partial charge is 0.333 e. The molecule has 6 heteroatoms. The Kier molecular flexibility index (Phi) is 5.58. The summed E-state index contributed by atoms with van der Waals surface area (Å²) in [4.78, 5) is 26.9. The summed E-state index contributed by atoms with van der Waals surface area (Å²) in [5.74, 6) is 0.285. The van der Waals surface area contributed by atoms with E-state index in [4.69, 9.17) is 33.2 Å². The first-order chi connectivity index (χ1) is 17.3. The molecule has 2 unspecified atom stereocenters. The van der Waals surface area contributed by atoms with Gasteiger partial charge in [0.2, 0.25) is 5.91 Å². The Morgan fingerprint density at radius 1 is 0.889 bits per heavy atom. The summed E-state index contributed by atoms with van der Waals surface area (Å²) < 4.78 is 0. The Labute approximate surface area is 221 Å². The molecule has 2 atom stereocenters. The monoisotopic (exact) mass is 515 g/mol. The third-order valence-electron chi connectivity index (χ3n) is 8.33. The highest BCUT2D eigenvalue weighted by Crippen LogP contribution is 2.67. The molecule has 2 bridgehead atoms. The molecule has 1 heterocycles. The first-order valence-electron chi connectivity index (χ1n) is 12.4. The van der Waals surface area contributed by atoms with Crippen molar-refractivity contribution in [1.29, 1.82) is 0 Å². The summed E-state index contributed by atoms with van der Waals surface area (Å²) in [5.41, 5.74) is 4.29. The van der Waals surface area contributed by atoms with Gasteiger partial charge >= 0.3 is 0 Å². The normalized spacial score (nSPS) is 21.5. The van der Waals surface area contributed by atoms with Crippen LogP contribution in [0.15, 0.2) is 72.8 Å². The van der Waals surface area contributed by atoms with Crippen LogP contribution in [0.3, 0.4) is 0 Å². The number of amides is 1. The fourth-order valence-electron chi connectivity index (χ4n) is 6.43. The molecule has 1 amide bonds. The number of hydrogen-bond donors (Lipinski definition) is 0. The molecule has 3 aromatic carbocycles. The number of rotatable bonds is 5. The molecule has 0 N–H and O–H groups in total. The van der Waals surface area contributed by atoms with Crippen molar-refractivity contribution in [2.75, 3.05) is 0 Å². The molecule has 182 valence electrons. The first kappa shape index (κ1) is 23.4. The predicted molar refractivity (Wildman–Crippen MR) is 144 cm³/mol. The fraction of sp³-hybridized carbons (Fsp3) is 0.300. The summed E-state index contributed by atoms with van der Waals surface area (Å²) in [6.45, 7) is 5.49. The zero-order chi connectivity index (χ0) is 25.1. The molecule has 2 aliphatic rings. The van der Waals surface area contributed by atoms with E-state index in [-0.39, 0.29) is 17.2 Å². The number of carbonyl (C=O) groups is 1. The molecule has 1 aromatic heterocycles. The van der Waals surface area contributed by atoms with Crippen LogP contribution in [-0.2, 0) is 23.3 Å². The van der Waals surface area contributed by atoms with E-state index in [2.05, 4.69) is 38.1 Å². The molecule has 0 spiro atoms. The van der Waals surface area contributed by atoms with Gasteiger partial charge in [0.1, 0.15) is 0 Å². The molecular formula is C30H27Cl2N3O. The van der Waals surface area contributed by atoms with E-state index in [1.165, 1.54) is 0 Å². The van der Waals surface area contributed by atoms with Gasteiger partial charge in [-0.2, -0.15) is 0 Å². The van der Waals surface area contributed by atoms with Crippen LogP contribution in [-0.4, -0.2) is 20.8 Å². The zero-order valence-electron chi connectivity index (χ0n) is 20.3. The predicted octanol–water partition coefficient (Wildman–Crippen LogP) is 7.32. The van der Waals surface area contributed by atoms with Gasteiger partial charge in [-0.3, -0.25) is 4.79 Å². The lowest BCUT2D eigenvalue weighted by molar-refractivity contribution is -0.142. The Morgan fingerprint density at radius 3 is 1.97 bits per heavy atom. The van der Waals surface area contributed by atoms with Gasteiger partial charge in [0.05, 0.1) is 37.9 Å². The van der Waals surface area contributed by atoms with Gasteiger partial charge in [0, 0.05) is 19.0 Å². The van der Waals surface area contributed by atoms with Gasteiger partial charge < -0.3 is 4.90 Å². The van der Waals surface area contributed by atoms with Crippen LogP contribution in [0.5, 0.6) is 0 Å². The van der Waals surface area contributed by atoms with E-state index < -0.39 is 5.41 Å². The van der Waals surface area contributed by atoms with E-state index in [0.29, 0.717) is 28.7 Å². The Morgan fingerprint density at radius 2 is 1.42 bits per heavy atom. The summed E-state index contributed by atoms with van der Waals surface area (Å²) in [7, 11) is 0. The highest BCUT2D eigenvalue weighted by Gasteiger charge is 2.68. The van der Waals surface area contributed by atoms with E-state index in [1.807, 2.05) is 41.3 Å². The highest BCUT2D eigenvalue weighted by atomic mass is 35.5. The number of fused-ring (bicyclic) bond motifs is 6. The van der Waals surface area contributed by atoms with Crippen molar-refractivity contribution in [3.05, 3.63) is 105 Å². The minimum atomic E-state index is -0.746. The number of hydrogen-bond acceptors (Lipinski definition) is 3. The maximum absolute atomic E-state index is 14.8. The summed E-state index contributed by atoms with van der Waals surface area (Å²) in [6, 6.07) is 23.9. The molecule has 0 radical (unpaired) electrons. The summed E-state index contributed by atoms with van der Waals surface area (Å²) >= 11 is 12.6. The molecule has 36 heavy (non-hydrogen) atoms. The smallest absolute Gasteiger partial charge is 0.236 e. The van der Waals surface area contributed by atoms with Crippen LogP contribution >= 0.6 is 23.2 Å². The van der Waals surface area contributed by atoms with Gasteiger partial charge in [0.25, 0.3) is 0 Å². The number of aromatic nitrogens is 2. The van der Waals surface area contributed by atoms with E-state index >= 15 is 0 Å². The number of benzene rings is 3. The fourth-order valence-corrected chi connectivity index (χ4v) is 6.74. The standard InChI is InChI=1S/C30H27Cl2N3O/c1-29(2)21-13-14-30(29,27-26(21)33-24-15-22(31)23(32)16-25(24)34-27)28(36)35(17-19-9-5-3-6-10-19)18-20-11-7-4-8-12-20/h3-12,15-16,21H,13-14,17-18H2,1-2H3. The molecule has 1 saturated carbocycles. The van der Waals surface area contributed by atoms with E-state index in [1.54, 1.807) is 12.1 Å². The van der Waals surface area contributed by atoms with E-state index in [0.717, 1.165) is 40.9 Å². The second-order valence-corrected chi connectivity index (χ2v) is 11.4. The van der Waals surface area contributed by atoms with Crippen molar-refractivity contribution in [1.82, 2.24) is 14.9 Å². The molecule has 4 aromatic rings. The number of halogens is 2. The minimum absolute atomic E-state index is 0.121. The van der Waals surface area contributed by atoms with E-state index in [9.17, 15) is 4.79 Å². The number of nitrogens with zero attached hydrogens (tertiary/aromatic N) is 3. The van der Waals surface area contributed by atoms with Gasteiger partial charge in [0.15, 0.2) is 0 Å². The highest BCUT2D eigenvalue weighted by molar-refractivity contribution is 6.42. The molecule has 1 fully saturated rings. The van der Waals surface area contributed by atoms with Crippen LogP contribution in [0.25, 0.3) is 11.0 Å². The quantitative estimate of drug-likeness (QED) is 0.279. The average Bonchev–Trinajstić information content (AvgIpc) is 3.25. The van der Waals surface area contributed by atoms with Crippen LogP contribution in [0.1, 0.15) is 55.1 Å². The zero-order valence-corrected chi connectivity index (χ0v) is 21.9. The second kappa shape index (κ2) is 8.57. The molecular weight excluding hydrogens is 489 g/mol. The van der Waals surface area contributed by atoms with Crippen molar-refractivity contribution in [3.63, 3.8) is 0 Å². The van der Waals surface area contributed by atoms with Crippen LogP contribution in [0, 0.1) is 5.41 Å². The lowest BCUT2D eigenvalue weighted by Gasteiger charge is -2.40. The van der Waals surface area contributed by atoms with Crippen molar-refractivity contribution < 1.29 is 4.79 Å².